The van der Waals surface area contributed by atoms with E-state index in [2.05, 4.69) is 58.2 Å². The summed E-state index contributed by atoms with van der Waals surface area (Å²) in [7, 11) is 0. The molecule has 0 fully saturated rings. The maximum Gasteiger partial charge on any atom is 0.113 e. The number of hydrogen-bond acceptors (Lipinski definition) is 4. The molecule has 0 bridgehead atoms. The summed E-state index contributed by atoms with van der Waals surface area (Å²) in [4.78, 5) is 14.0. The van der Waals surface area contributed by atoms with Crippen molar-refractivity contribution in [3.8, 4) is 33.6 Å². The Balaban J connectivity index is 0.000000230. The molecule has 0 aliphatic heterocycles. The fourth-order valence-corrected chi connectivity index (χ4v) is 10.4. The van der Waals surface area contributed by atoms with Gasteiger partial charge in [0.2, 0.25) is 0 Å². The molecule has 0 N–H and O–H groups in total. The third-order valence-electron chi connectivity index (χ3n) is 8.12. The number of thiophene rings is 1. The van der Waals surface area contributed by atoms with E-state index in [9.17, 15) is 4.39 Å². The first-order valence-corrected chi connectivity index (χ1v) is 24.2. The van der Waals surface area contributed by atoms with Gasteiger partial charge >= 0.3 is 140 Å². The normalized spacial score (nSPS) is 14.8. The van der Waals surface area contributed by atoms with E-state index in [1.807, 2.05) is 48.7 Å². The summed E-state index contributed by atoms with van der Waals surface area (Å²) in [5.41, 5.74) is 4.86. The molecular formula is C43H42FGeIrN3S-2. The van der Waals surface area contributed by atoms with Crippen LogP contribution in [-0.2, 0) is 26.5 Å². The van der Waals surface area contributed by atoms with Crippen molar-refractivity contribution in [3.63, 3.8) is 0 Å². The number of benzene rings is 3. The zero-order chi connectivity index (χ0) is 42.4. The van der Waals surface area contributed by atoms with Crippen LogP contribution in [0.2, 0.25) is 17.3 Å². The van der Waals surface area contributed by atoms with Crippen LogP contribution in [-0.4, -0.2) is 28.2 Å². The van der Waals surface area contributed by atoms with Crippen LogP contribution in [0.3, 0.4) is 0 Å². The number of pyridine rings is 3. The molecule has 7 aromatic rings. The standard InChI is InChI=1S/C24H17N2S.C19H25FGeN.Ir/c1-15-14-25-22(13-21(15)17-7-4-3-5-8-17)20-10-6-9-18-19-12-11-16(2)26-24(19)27-23(18)20;1-13(2)9-15-11-19(22-12-18(15)21(4,5)6)16-8-7-14(3)10-17(16)20;/h3-9,11-14H,1-2H3;7,10-13H,9H2,1-6H3;/q2*-1;/i1D3,2D3;3D3;. The van der Waals surface area contributed by atoms with Crippen molar-refractivity contribution in [3.05, 3.63) is 132 Å². The van der Waals surface area contributed by atoms with Crippen molar-refractivity contribution < 1.29 is 36.8 Å². The van der Waals surface area contributed by atoms with E-state index in [0.717, 1.165) is 39.1 Å². The molecule has 7 heteroatoms. The topological polar surface area (TPSA) is 38.7 Å². The summed E-state index contributed by atoms with van der Waals surface area (Å²) in [6.45, 7) is -2.60. The third-order valence-corrected chi connectivity index (χ3v) is 13.6. The number of aromatic nitrogens is 3. The predicted molar refractivity (Wildman–Crippen MR) is 209 cm³/mol. The van der Waals surface area contributed by atoms with Crippen LogP contribution in [0.1, 0.15) is 48.6 Å². The van der Waals surface area contributed by atoms with E-state index >= 15 is 0 Å². The second kappa shape index (κ2) is 15.8. The number of aryl methyl sites for hydroxylation is 3. The SMILES string of the molecule is [2H]C([2H])([2H])c1c[c-]c(-c2cc(CC(C)C)[c]([Ge]([CH3])([CH3])[CH3])cn2)c(F)c1.[2H]C([2H])([2H])c1ccc2c(n1)sc1c(-c3cc(-c4ccccc4)c(C([2H])([2H])[2H])cn3)[c-]ccc12.[Ir]. The fourth-order valence-electron chi connectivity index (χ4n) is 5.84. The summed E-state index contributed by atoms with van der Waals surface area (Å²) < 4.78 is 85.6. The molecule has 0 saturated heterocycles. The van der Waals surface area contributed by atoms with Crippen LogP contribution in [0.25, 0.3) is 53.9 Å². The average Bonchev–Trinajstić information content (AvgIpc) is 3.52. The monoisotopic (exact) mass is 927 g/mol. The molecule has 3 aromatic carbocycles. The largest absolute Gasteiger partial charge is 0.304 e. The van der Waals surface area contributed by atoms with Gasteiger partial charge in [-0.15, -0.1) is 23.8 Å². The Morgan fingerprint density at radius 3 is 2.34 bits per heavy atom. The zero-order valence-corrected chi connectivity index (χ0v) is 33.7. The van der Waals surface area contributed by atoms with Crippen molar-refractivity contribution in [2.75, 3.05) is 0 Å². The molecule has 0 saturated carbocycles. The zero-order valence-electron chi connectivity index (χ0n) is 37.4. The minimum Gasteiger partial charge on any atom is -0.304 e. The molecule has 0 aliphatic carbocycles. The van der Waals surface area contributed by atoms with Gasteiger partial charge in [0.05, 0.1) is 0 Å². The predicted octanol–water partition coefficient (Wildman–Crippen LogP) is 11.3. The molecule has 0 aliphatic rings. The van der Waals surface area contributed by atoms with E-state index in [-0.39, 0.29) is 42.5 Å². The van der Waals surface area contributed by atoms with E-state index in [1.165, 1.54) is 39.6 Å². The molecule has 1 radical (unpaired) electrons. The van der Waals surface area contributed by atoms with Gasteiger partial charge in [0, 0.05) is 40.2 Å². The molecular weight excluding hydrogens is 874 g/mol. The number of rotatable bonds is 6. The van der Waals surface area contributed by atoms with Crippen LogP contribution in [0.5, 0.6) is 0 Å². The van der Waals surface area contributed by atoms with Crippen LogP contribution < -0.4 is 4.40 Å². The van der Waals surface area contributed by atoms with Gasteiger partial charge in [0.1, 0.15) is 4.83 Å². The Kier molecular flexibility index (Phi) is 8.57. The summed E-state index contributed by atoms with van der Waals surface area (Å²) in [5, 5.41) is 1.79. The van der Waals surface area contributed by atoms with Crippen LogP contribution in [0.4, 0.5) is 4.39 Å². The number of hydrogen-bond donors (Lipinski definition) is 0. The third kappa shape index (κ3) is 8.32. The number of nitrogens with zero attached hydrogens (tertiary/aromatic N) is 3. The van der Waals surface area contributed by atoms with E-state index in [1.54, 1.807) is 18.2 Å². The number of halogens is 1. The Labute approximate surface area is 328 Å². The Morgan fingerprint density at radius 1 is 0.860 bits per heavy atom. The molecule has 4 heterocycles. The van der Waals surface area contributed by atoms with Gasteiger partial charge in [-0.3, -0.25) is 0 Å². The van der Waals surface area contributed by atoms with Crippen molar-refractivity contribution in [2.45, 2.75) is 58.1 Å². The molecule has 0 amide bonds. The van der Waals surface area contributed by atoms with E-state index in [4.69, 9.17) is 12.3 Å². The van der Waals surface area contributed by atoms with Gasteiger partial charge in [-0.2, -0.15) is 11.3 Å². The molecule has 3 nitrogen and oxygen atoms in total. The van der Waals surface area contributed by atoms with Crippen molar-refractivity contribution in [2.24, 2.45) is 5.92 Å². The van der Waals surface area contributed by atoms with E-state index < -0.39 is 39.6 Å². The van der Waals surface area contributed by atoms with Gasteiger partial charge in [-0.25, -0.2) is 4.98 Å². The minimum absolute atomic E-state index is 0. The minimum atomic E-state index is -2.34. The van der Waals surface area contributed by atoms with Crippen LogP contribution in [0.15, 0.2) is 91.3 Å². The Bertz CT molecular complexity index is 2600. The summed E-state index contributed by atoms with van der Waals surface area (Å²) in [6.07, 6.45) is 4.22. The first-order valence-electron chi connectivity index (χ1n) is 20.5. The Morgan fingerprint density at radius 2 is 1.64 bits per heavy atom. The average molecular weight is 926 g/mol. The molecule has 4 aromatic heterocycles. The van der Waals surface area contributed by atoms with Crippen molar-refractivity contribution in [1.82, 2.24) is 15.0 Å². The molecule has 257 valence electrons. The second-order valence-corrected chi connectivity index (χ2v) is 25.0. The quantitative estimate of drug-likeness (QED) is 0.123. The van der Waals surface area contributed by atoms with Gasteiger partial charge in [-0.05, 0) is 52.2 Å². The van der Waals surface area contributed by atoms with Crippen molar-refractivity contribution >= 4 is 49.3 Å². The summed E-state index contributed by atoms with van der Waals surface area (Å²) >= 11 is -0.702. The molecule has 0 unspecified atom stereocenters. The van der Waals surface area contributed by atoms with Crippen LogP contribution >= 0.6 is 11.3 Å². The first kappa shape index (κ1) is 27.2. The van der Waals surface area contributed by atoms with Gasteiger partial charge < -0.3 is 4.98 Å². The van der Waals surface area contributed by atoms with Crippen molar-refractivity contribution in [1.29, 1.82) is 0 Å². The molecule has 50 heavy (non-hydrogen) atoms. The van der Waals surface area contributed by atoms with Gasteiger partial charge in [-0.1, -0.05) is 47.9 Å². The molecule has 0 spiro atoms. The smallest absolute Gasteiger partial charge is 0.113 e. The fraction of sp³-hybridized carbons (Fsp3) is 0.233. The molecule has 0 atom stereocenters. The molecule has 7 rings (SSSR count). The number of fused-ring (bicyclic) bond motifs is 3. The first-order chi connectivity index (χ1) is 27.0. The Hall–Kier alpha value is -3.55. The maximum absolute atomic E-state index is 14.5. The van der Waals surface area contributed by atoms with Gasteiger partial charge in [0.25, 0.3) is 0 Å². The van der Waals surface area contributed by atoms with Gasteiger partial charge in [0.15, 0.2) is 0 Å². The maximum atomic E-state index is 14.5. The summed E-state index contributed by atoms with van der Waals surface area (Å²) in [6, 6.07) is 28.6. The summed E-state index contributed by atoms with van der Waals surface area (Å²) in [5.74, 6) is 6.85. The van der Waals surface area contributed by atoms with Crippen LogP contribution in [0, 0.1) is 44.4 Å². The second-order valence-electron chi connectivity index (χ2n) is 13.4. The van der Waals surface area contributed by atoms with E-state index in [0.29, 0.717) is 27.7 Å².